The molecule has 2 aromatic rings. The fourth-order valence-electron chi connectivity index (χ4n) is 4.13. The van der Waals surface area contributed by atoms with Crippen molar-refractivity contribution in [3.63, 3.8) is 0 Å². The highest BCUT2D eigenvalue weighted by atomic mass is 16.5. The topological polar surface area (TPSA) is 44.8 Å². The van der Waals surface area contributed by atoms with Crippen LogP contribution < -0.4 is 10.1 Å². The largest absolute Gasteiger partial charge is 0.492 e. The van der Waals surface area contributed by atoms with Gasteiger partial charge in [-0.1, -0.05) is 24.6 Å². The Hall–Kier alpha value is -2.53. The molecule has 1 amide bonds. The Bertz CT molecular complexity index is 800. The molecule has 0 unspecified atom stereocenters. The number of amides is 1. The van der Waals surface area contributed by atoms with Crippen LogP contribution in [0.2, 0.25) is 0 Å². The van der Waals surface area contributed by atoms with Gasteiger partial charge in [0.25, 0.3) is 5.91 Å². The minimum atomic E-state index is -0.125. The molecule has 28 heavy (non-hydrogen) atoms. The van der Waals surface area contributed by atoms with E-state index >= 15 is 0 Å². The molecular formula is C23H29N3O2. The molecule has 0 bridgehead atoms. The predicted octanol–water partition coefficient (Wildman–Crippen LogP) is 4.14. The van der Waals surface area contributed by atoms with E-state index in [0.717, 1.165) is 35.7 Å². The van der Waals surface area contributed by atoms with E-state index in [1.165, 1.54) is 32.4 Å². The molecule has 1 N–H and O–H groups in total. The third-order valence-electron chi connectivity index (χ3n) is 5.68. The fourth-order valence-corrected chi connectivity index (χ4v) is 4.13. The van der Waals surface area contributed by atoms with Crippen LogP contribution in [0.15, 0.2) is 48.5 Å². The van der Waals surface area contributed by atoms with Gasteiger partial charge in [0, 0.05) is 29.9 Å². The molecule has 0 aliphatic carbocycles. The number of anilines is 1. The van der Waals surface area contributed by atoms with E-state index in [-0.39, 0.29) is 12.1 Å². The number of likely N-dealkylation sites (tertiary alicyclic amines) is 1. The Morgan fingerprint density at radius 2 is 1.79 bits per heavy atom. The number of ether oxygens (including phenoxy) is 1. The molecule has 1 atom stereocenters. The molecule has 148 valence electrons. The second kappa shape index (κ2) is 8.65. The number of nitrogens with one attached hydrogen (secondary N) is 1. The molecule has 2 aliphatic heterocycles. The molecule has 4 rings (SSSR count). The van der Waals surface area contributed by atoms with E-state index in [9.17, 15) is 4.79 Å². The van der Waals surface area contributed by atoms with Crippen molar-refractivity contribution in [2.45, 2.75) is 32.4 Å². The normalized spacial score (nSPS) is 19.5. The van der Waals surface area contributed by atoms with Crippen molar-refractivity contribution in [3.05, 3.63) is 59.7 Å². The van der Waals surface area contributed by atoms with Gasteiger partial charge in [0.05, 0.1) is 0 Å². The highest BCUT2D eigenvalue weighted by Crippen LogP contribution is 2.34. The molecular weight excluding hydrogens is 350 g/mol. The molecule has 5 heteroatoms. The Balaban J connectivity index is 1.35. The first-order valence-corrected chi connectivity index (χ1v) is 10.4. The number of benzene rings is 2. The first-order valence-electron chi connectivity index (χ1n) is 10.4. The van der Waals surface area contributed by atoms with E-state index in [1.807, 2.05) is 60.4 Å². The van der Waals surface area contributed by atoms with E-state index in [4.69, 9.17) is 4.74 Å². The summed E-state index contributed by atoms with van der Waals surface area (Å²) in [5, 5.41) is 3.50. The van der Waals surface area contributed by atoms with Crippen molar-refractivity contribution in [1.29, 1.82) is 0 Å². The van der Waals surface area contributed by atoms with Gasteiger partial charge in [-0.05, 0) is 63.2 Å². The summed E-state index contributed by atoms with van der Waals surface area (Å²) in [6.07, 6.45) is 3.85. The van der Waals surface area contributed by atoms with Crippen molar-refractivity contribution in [3.8, 4) is 5.75 Å². The maximum Gasteiger partial charge on any atom is 0.256 e. The lowest BCUT2D eigenvalue weighted by molar-refractivity contribution is 0.0753. The van der Waals surface area contributed by atoms with Gasteiger partial charge < -0.3 is 15.0 Å². The van der Waals surface area contributed by atoms with Crippen LogP contribution in [0.25, 0.3) is 0 Å². The molecule has 2 aromatic carbocycles. The third-order valence-corrected chi connectivity index (χ3v) is 5.68. The molecule has 0 aromatic heterocycles. The van der Waals surface area contributed by atoms with Gasteiger partial charge >= 0.3 is 0 Å². The lowest BCUT2D eigenvalue weighted by atomic mass is 10.1. The molecule has 5 nitrogen and oxygen atoms in total. The number of piperidine rings is 1. The van der Waals surface area contributed by atoms with Gasteiger partial charge in [0.2, 0.25) is 0 Å². The maximum absolute atomic E-state index is 12.6. The molecule has 1 fully saturated rings. The van der Waals surface area contributed by atoms with E-state index in [2.05, 4.69) is 10.2 Å². The van der Waals surface area contributed by atoms with Gasteiger partial charge in [-0.25, -0.2) is 0 Å². The summed E-state index contributed by atoms with van der Waals surface area (Å²) < 4.78 is 5.92. The van der Waals surface area contributed by atoms with Crippen LogP contribution in [0.3, 0.4) is 0 Å². The average molecular weight is 380 g/mol. The zero-order chi connectivity index (χ0) is 19.3. The Morgan fingerprint density at radius 3 is 2.54 bits per heavy atom. The first-order chi connectivity index (χ1) is 13.8. The average Bonchev–Trinajstić information content (AvgIpc) is 3.01. The summed E-state index contributed by atoms with van der Waals surface area (Å²) in [7, 11) is 0. The molecule has 0 saturated carbocycles. The van der Waals surface area contributed by atoms with Crippen LogP contribution in [0, 0.1) is 0 Å². The van der Waals surface area contributed by atoms with Gasteiger partial charge in [0.15, 0.2) is 0 Å². The number of fused-ring (bicyclic) bond motifs is 1. The number of nitrogens with zero attached hydrogens (tertiary/aromatic N) is 2. The van der Waals surface area contributed by atoms with Crippen LogP contribution in [0.5, 0.6) is 5.75 Å². The number of carbonyl (C=O) groups excluding carboxylic acids is 1. The first kappa shape index (κ1) is 18.8. The minimum Gasteiger partial charge on any atom is -0.492 e. The number of hydrogen-bond acceptors (Lipinski definition) is 4. The Morgan fingerprint density at radius 1 is 1.04 bits per heavy atom. The summed E-state index contributed by atoms with van der Waals surface area (Å²) in [4.78, 5) is 16.9. The van der Waals surface area contributed by atoms with E-state index in [1.54, 1.807) is 0 Å². The van der Waals surface area contributed by atoms with Crippen LogP contribution in [-0.4, -0.2) is 48.5 Å². The SMILES string of the molecule is CCN1C(=O)c2ccccc2[C@H]1Nc1ccc(OCCN2CCCCC2)cc1. The second-order valence-electron chi connectivity index (χ2n) is 7.50. The zero-order valence-corrected chi connectivity index (χ0v) is 16.6. The minimum absolute atomic E-state index is 0.0910. The standard InChI is InChI=1S/C23H29N3O2/c1-2-26-22(20-8-4-5-9-21(20)23(26)27)24-18-10-12-19(13-11-18)28-17-16-25-14-6-3-7-15-25/h4-5,8-13,22,24H,2-3,6-7,14-17H2,1H3/t22-/m0/s1. The molecule has 2 heterocycles. The Labute approximate surface area is 167 Å². The highest BCUT2D eigenvalue weighted by Gasteiger charge is 2.35. The molecule has 0 radical (unpaired) electrons. The Kier molecular flexibility index (Phi) is 5.81. The van der Waals surface area contributed by atoms with Crippen molar-refractivity contribution < 1.29 is 9.53 Å². The van der Waals surface area contributed by atoms with Crippen molar-refractivity contribution in [1.82, 2.24) is 9.80 Å². The van der Waals surface area contributed by atoms with Crippen LogP contribution >= 0.6 is 0 Å². The van der Waals surface area contributed by atoms with Gasteiger partial charge in [-0.15, -0.1) is 0 Å². The van der Waals surface area contributed by atoms with Gasteiger partial charge in [-0.2, -0.15) is 0 Å². The van der Waals surface area contributed by atoms with Crippen LogP contribution in [0.1, 0.15) is 48.3 Å². The smallest absolute Gasteiger partial charge is 0.256 e. The lowest BCUT2D eigenvalue weighted by Gasteiger charge is -2.26. The van der Waals surface area contributed by atoms with E-state index < -0.39 is 0 Å². The van der Waals surface area contributed by atoms with Crippen molar-refractivity contribution >= 4 is 11.6 Å². The predicted molar refractivity (Wildman–Crippen MR) is 112 cm³/mol. The van der Waals surface area contributed by atoms with Gasteiger partial charge in [0.1, 0.15) is 18.5 Å². The van der Waals surface area contributed by atoms with Crippen LogP contribution in [-0.2, 0) is 0 Å². The maximum atomic E-state index is 12.6. The van der Waals surface area contributed by atoms with Crippen molar-refractivity contribution in [2.24, 2.45) is 0 Å². The quantitative estimate of drug-likeness (QED) is 0.785. The second-order valence-corrected chi connectivity index (χ2v) is 7.50. The summed E-state index contributed by atoms with van der Waals surface area (Å²) in [6.45, 7) is 6.79. The number of carbonyl (C=O) groups is 1. The lowest BCUT2D eigenvalue weighted by Crippen LogP contribution is -2.33. The fraction of sp³-hybridized carbons (Fsp3) is 0.435. The third kappa shape index (κ3) is 3.99. The van der Waals surface area contributed by atoms with Crippen LogP contribution in [0.4, 0.5) is 5.69 Å². The summed E-state index contributed by atoms with van der Waals surface area (Å²) in [5.41, 5.74) is 2.81. The monoisotopic (exact) mass is 379 g/mol. The van der Waals surface area contributed by atoms with E-state index in [0.29, 0.717) is 6.54 Å². The summed E-state index contributed by atoms with van der Waals surface area (Å²) >= 11 is 0. The van der Waals surface area contributed by atoms with Crippen molar-refractivity contribution in [2.75, 3.05) is 38.1 Å². The molecule has 1 saturated heterocycles. The zero-order valence-electron chi connectivity index (χ0n) is 16.6. The summed E-state index contributed by atoms with van der Waals surface area (Å²) in [6, 6.07) is 15.9. The molecule has 0 spiro atoms. The highest BCUT2D eigenvalue weighted by molar-refractivity contribution is 5.99. The number of rotatable bonds is 7. The molecule has 2 aliphatic rings. The number of hydrogen-bond donors (Lipinski definition) is 1. The van der Waals surface area contributed by atoms with Gasteiger partial charge in [-0.3, -0.25) is 9.69 Å². The summed E-state index contributed by atoms with van der Waals surface area (Å²) in [5.74, 6) is 0.978.